The summed E-state index contributed by atoms with van der Waals surface area (Å²) in [6.45, 7) is 3.39. The van der Waals surface area contributed by atoms with Crippen LogP contribution >= 0.6 is 11.3 Å². The van der Waals surface area contributed by atoms with Crippen molar-refractivity contribution in [3.8, 4) is 0 Å². The fourth-order valence-corrected chi connectivity index (χ4v) is 4.42. The first-order chi connectivity index (χ1) is 8.26. The number of nitrogens with zero attached hydrogens (tertiary/aromatic N) is 1. The molecule has 3 heteroatoms. The molecule has 0 spiro atoms. The van der Waals surface area contributed by atoms with Crippen molar-refractivity contribution in [3.05, 3.63) is 21.9 Å². The molecule has 0 aromatic carbocycles. The van der Waals surface area contributed by atoms with E-state index < -0.39 is 0 Å². The maximum atomic E-state index is 3.47. The summed E-state index contributed by atoms with van der Waals surface area (Å²) in [4.78, 5) is 5.75. The lowest BCUT2D eigenvalue weighted by atomic mass is 9.97. The van der Waals surface area contributed by atoms with Crippen molar-refractivity contribution in [2.75, 3.05) is 7.05 Å². The van der Waals surface area contributed by atoms with Crippen molar-refractivity contribution in [1.29, 1.82) is 0 Å². The van der Waals surface area contributed by atoms with Crippen LogP contribution in [0.4, 0.5) is 0 Å². The van der Waals surface area contributed by atoms with E-state index in [0.717, 1.165) is 18.1 Å². The third-order valence-electron chi connectivity index (χ3n) is 4.43. The monoisotopic (exact) mass is 250 g/mol. The van der Waals surface area contributed by atoms with Crippen molar-refractivity contribution >= 4 is 11.3 Å². The highest BCUT2D eigenvalue weighted by atomic mass is 32.1. The van der Waals surface area contributed by atoms with Gasteiger partial charge in [0.05, 0.1) is 0 Å². The van der Waals surface area contributed by atoms with E-state index >= 15 is 0 Å². The largest absolute Gasteiger partial charge is 0.317 e. The normalized spacial score (nSPS) is 33.2. The lowest BCUT2D eigenvalue weighted by molar-refractivity contribution is 0.113. The van der Waals surface area contributed by atoms with Crippen LogP contribution in [0.3, 0.4) is 0 Å². The number of hydrogen-bond acceptors (Lipinski definition) is 3. The molecule has 17 heavy (non-hydrogen) atoms. The van der Waals surface area contributed by atoms with Gasteiger partial charge in [-0.3, -0.25) is 4.90 Å². The summed E-state index contributed by atoms with van der Waals surface area (Å²) < 4.78 is 0. The van der Waals surface area contributed by atoms with Crippen LogP contribution in [0.1, 0.15) is 35.4 Å². The minimum absolute atomic E-state index is 0.758. The number of piperidine rings is 1. The Balaban J connectivity index is 1.69. The first-order valence-electron chi connectivity index (χ1n) is 6.74. The van der Waals surface area contributed by atoms with Crippen LogP contribution in [0, 0.1) is 6.92 Å². The Morgan fingerprint density at radius 2 is 2.00 bits per heavy atom. The molecule has 2 unspecified atom stereocenters. The summed E-state index contributed by atoms with van der Waals surface area (Å²) in [5.74, 6) is 0. The number of aryl methyl sites for hydroxylation is 1. The molecule has 2 bridgehead atoms. The Morgan fingerprint density at radius 3 is 2.53 bits per heavy atom. The summed E-state index contributed by atoms with van der Waals surface area (Å²) in [5.41, 5.74) is 0. The molecule has 2 aliphatic rings. The maximum Gasteiger partial charge on any atom is 0.0333 e. The number of fused-ring (bicyclic) bond motifs is 2. The van der Waals surface area contributed by atoms with Crippen molar-refractivity contribution in [1.82, 2.24) is 10.2 Å². The molecule has 2 atom stereocenters. The molecule has 2 aliphatic heterocycles. The Morgan fingerprint density at radius 1 is 1.29 bits per heavy atom. The molecule has 0 saturated carbocycles. The van der Waals surface area contributed by atoms with Gasteiger partial charge in [0.15, 0.2) is 0 Å². The van der Waals surface area contributed by atoms with E-state index in [4.69, 9.17) is 0 Å². The van der Waals surface area contributed by atoms with Gasteiger partial charge < -0.3 is 5.32 Å². The van der Waals surface area contributed by atoms with Gasteiger partial charge in [-0.1, -0.05) is 0 Å². The third kappa shape index (κ3) is 2.28. The lowest BCUT2D eigenvalue weighted by Gasteiger charge is -2.38. The van der Waals surface area contributed by atoms with Crippen molar-refractivity contribution in [2.24, 2.45) is 0 Å². The van der Waals surface area contributed by atoms with Gasteiger partial charge in [-0.05, 0) is 51.8 Å². The molecule has 2 saturated heterocycles. The van der Waals surface area contributed by atoms with Crippen LogP contribution in [0.25, 0.3) is 0 Å². The van der Waals surface area contributed by atoms with E-state index in [1.54, 1.807) is 4.88 Å². The zero-order valence-corrected chi connectivity index (χ0v) is 11.6. The second kappa shape index (κ2) is 4.71. The second-order valence-corrected chi connectivity index (χ2v) is 6.90. The standard InChI is InChI=1S/C14H22N2S/c1-10-3-6-14(17-10)9-16-12-4-5-13(16)8-11(7-12)15-2/h3,6,11-13,15H,4-5,7-9H2,1-2H3. The van der Waals surface area contributed by atoms with E-state index in [9.17, 15) is 0 Å². The predicted molar refractivity (Wildman–Crippen MR) is 73.5 cm³/mol. The maximum absolute atomic E-state index is 3.47. The van der Waals surface area contributed by atoms with Gasteiger partial charge in [0.25, 0.3) is 0 Å². The highest BCUT2D eigenvalue weighted by molar-refractivity contribution is 7.11. The average Bonchev–Trinajstić information content (AvgIpc) is 2.82. The SMILES string of the molecule is CNC1CC2CCC(C1)N2Cc1ccc(C)s1. The summed E-state index contributed by atoms with van der Waals surface area (Å²) in [6.07, 6.45) is 5.51. The Bertz CT molecular complexity index is 373. The number of rotatable bonds is 3. The van der Waals surface area contributed by atoms with E-state index in [1.165, 1.54) is 37.1 Å². The van der Waals surface area contributed by atoms with E-state index in [2.05, 4.69) is 36.3 Å². The van der Waals surface area contributed by atoms with Crippen molar-refractivity contribution in [2.45, 2.75) is 57.3 Å². The van der Waals surface area contributed by atoms with Crippen LogP contribution in [-0.4, -0.2) is 30.1 Å². The quantitative estimate of drug-likeness (QED) is 0.887. The first kappa shape index (κ1) is 11.7. The Labute approximate surface area is 108 Å². The second-order valence-electron chi connectivity index (χ2n) is 5.53. The van der Waals surface area contributed by atoms with Crippen LogP contribution in [0.5, 0.6) is 0 Å². The predicted octanol–water partition coefficient (Wildman–Crippen LogP) is 2.77. The number of thiophene rings is 1. The van der Waals surface area contributed by atoms with Gasteiger partial charge in [-0.2, -0.15) is 0 Å². The Hall–Kier alpha value is -0.380. The molecule has 3 rings (SSSR count). The molecule has 0 radical (unpaired) electrons. The number of nitrogens with one attached hydrogen (secondary N) is 1. The van der Waals surface area contributed by atoms with Crippen molar-refractivity contribution < 1.29 is 0 Å². The van der Waals surface area contributed by atoms with E-state index in [0.29, 0.717) is 0 Å². The lowest BCUT2D eigenvalue weighted by Crippen LogP contribution is -2.47. The summed E-state index contributed by atoms with van der Waals surface area (Å²) in [7, 11) is 2.11. The summed E-state index contributed by atoms with van der Waals surface area (Å²) in [5, 5.41) is 3.47. The van der Waals surface area contributed by atoms with E-state index in [-0.39, 0.29) is 0 Å². The molecule has 0 amide bonds. The van der Waals surface area contributed by atoms with E-state index in [1.807, 2.05) is 11.3 Å². The molecule has 3 heterocycles. The average molecular weight is 250 g/mol. The minimum Gasteiger partial charge on any atom is -0.317 e. The number of hydrogen-bond donors (Lipinski definition) is 1. The fourth-order valence-electron chi connectivity index (χ4n) is 3.52. The molecule has 2 nitrogen and oxygen atoms in total. The molecule has 1 aromatic heterocycles. The summed E-state index contributed by atoms with van der Waals surface area (Å²) in [6, 6.07) is 6.97. The molecule has 2 fully saturated rings. The topological polar surface area (TPSA) is 15.3 Å². The van der Waals surface area contributed by atoms with Crippen LogP contribution in [-0.2, 0) is 6.54 Å². The minimum atomic E-state index is 0.758. The summed E-state index contributed by atoms with van der Waals surface area (Å²) >= 11 is 1.96. The molecular weight excluding hydrogens is 228 g/mol. The smallest absolute Gasteiger partial charge is 0.0333 e. The first-order valence-corrected chi connectivity index (χ1v) is 7.56. The van der Waals surface area contributed by atoms with Crippen LogP contribution in [0.2, 0.25) is 0 Å². The highest BCUT2D eigenvalue weighted by Gasteiger charge is 2.39. The van der Waals surface area contributed by atoms with Gasteiger partial charge >= 0.3 is 0 Å². The molecule has 1 aromatic rings. The van der Waals surface area contributed by atoms with Crippen LogP contribution in [0.15, 0.2) is 12.1 Å². The van der Waals surface area contributed by atoms with Gasteiger partial charge in [0, 0.05) is 34.4 Å². The van der Waals surface area contributed by atoms with Crippen LogP contribution < -0.4 is 5.32 Å². The van der Waals surface area contributed by atoms with Crippen molar-refractivity contribution in [3.63, 3.8) is 0 Å². The van der Waals surface area contributed by atoms with Gasteiger partial charge in [0.1, 0.15) is 0 Å². The Kier molecular flexibility index (Phi) is 3.24. The van der Waals surface area contributed by atoms with Gasteiger partial charge in [-0.25, -0.2) is 0 Å². The molecule has 1 N–H and O–H groups in total. The third-order valence-corrected chi connectivity index (χ3v) is 5.41. The zero-order chi connectivity index (χ0) is 11.8. The van der Waals surface area contributed by atoms with Gasteiger partial charge in [0.2, 0.25) is 0 Å². The highest BCUT2D eigenvalue weighted by Crippen LogP contribution is 2.37. The van der Waals surface area contributed by atoms with Gasteiger partial charge in [-0.15, -0.1) is 11.3 Å². The molecular formula is C14H22N2S. The molecule has 0 aliphatic carbocycles. The fraction of sp³-hybridized carbons (Fsp3) is 0.714. The zero-order valence-electron chi connectivity index (χ0n) is 10.8. The molecule has 94 valence electrons.